The van der Waals surface area contributed by atoms with Gasteiger partial charge in [-0.15, -0.1) is 0 Å². The van der Waals surface area contributed by atoms with Gasteiger partial charge >= 0.3 is 5.97 Å². The fourth-order valence-electron chi connectivity index (χ4n) is 4.72. The number of ether oxygens (including phenoxy) is 3. The van der Waals surface area contributed by atoms with E-state index >= 15 is 0 Å². The number of nitrogens with zero attached hydrogens (tertiary/aromatic N) is 1. The zero-order valence-electron chi connectivity index (χ0n) is 21.5. The molecule has 2 atom stereocenters. The van der Waals surface area contributed by atoms with E-state index < -0.39 is 5.97 Å². The van der Waals surface area contributed by atoms with Crippen LogP contribution in [0.2, 0.25) is 0 Å². The number of hydrogen-bond acceptors (Lipinski definition) is 7. The van der Waals surface area contributed by atoms with Gasteiger partial charge in [0, 0.05) is 11.6 Å². The second kappa shape index (κ2) is 10.9. The maximum absolute atomic E-state index is 12.6. The molecule has 9 nitrogen and oxygen atoms in total. The van der Waals surface area contributed by atoms with Gasteiger partial charge < -0.3 is 30.4 Å². The van der Waals surface area contributed by atoms with Crippen molar-refractivity contribution < 1.29 is 28.9 Å². The summed E-state index contributed by atoms with van der Waals surface area (Å²) in [4.78, 5) is 28.8. The Kier molecular flexibility index (Phi) is 7.71. The minimum atomic E-state index is -1.13. The van der Waals surface area contributed by atoms with Gasteiger partial charge in [-0.2, -0.15) is 0 Å². The number of carbonyl (C=O) groups is 2. The highest BCUT2D eigenvalue weighted by Crippen LogP contribution is 2.37. The lowest BCUT2D eigenvalue weighted by Crippen LogP contribution is -2.39. The lowest BCUT2D eigenvalue weighted by atomic mass is 9.94. The normalized spacial score (nSPS) is 17.4. The highest BCUT2D eigenvalue weighted by molar-refractivity contribution is 6.06. The van der Waals surface area contributed by atoms with Gasteiger partial charge in [0.05, 0.1) is 29.4 Å². The van der Waals surface area contributed by atoms with Crippen molar-refractivity contribution in [1.29, 1.82) is 0 Å². The summed E-state index contributed by atoms with van der Waals surface area (Å²) in [5, 5.41) is 13.0. The van der Waals surface area contributed by atoms with Gasteiger partial charge in [-0.1, -0.05) is 6.07 Å². The first kappa shape index (κ1) is 26.1. The van der Waals surface area contributed by atoms with E-state index in [9.17, 15) is 14.7 Å². The number of carbonyl (C=O) groups excluding carboxylic acids is 1. The van der Waals surface area contributed by atoms with Crippen molar-refractivity contribution in [1.82, 2.24) is 10.3 Å². The number of aryl methyl sites for hydroxylation is 1. The fourth-order valence-corrected chi connectivity index (χ4v) is 4.72. The van der Waals surface area contributed by atoms with E-state index in [0.29, 0.717) is 39.4 Å². The van der Waals surface area contributed by atoms with Crippen LogP contribution in [0.1, 0.15) is 65.9 Å². The van der Waals surface area contributed by atoms with Crippen LogP contribution < -0.4 is 25.3 Å². The molecule has 0 radical (unpaired) electrons. The molecule has 1 heterocycles. The number of hydrogen-bond donors (Lipinski definition) is 3. The molecule has 9 heteroatoms. The molecular weight excluding hydrogens is 474 g/mol. The highest BCUT2D eigenvalue weighted by Gasteiger charge is 2.31. The van der Waals surface area contributed by atoms with Gasteiger partial charge in [0.25, 0.3) is 5.91 Å². The number of amides is 1. The molecule has 0 bridgehead atoms. The predicted molar refractivity (Wildman–Crippen MR) is 141 cm³/mol. The summed E-state index contributed by atoms with van der Waals surface area (Å²) in [6.45, 7) is 5.43. The lowest BCUT2D eigenvalue weighted by molar-refractivity contribution is 0.0226. The van der Waals surface area contributed by atoms with Crippen molar-refractivity contribution in [3.05, 3.63) is 53.2 Å². The molecule has 1 amide bonds. The topological polar surface area (TPSA) is 133 Å². The lowest BCUT2D eigenvalue weighted by Gasteiger charge is -2.33. The molecule has 0 aliphatic heterocycles. The first-order valence-electron chi connectivity index (χ1n) is 12.4. The van der Waals surface area contributed by atoms with Crippen LogP contribution in [0.25, 0.3) is 10.9 Å². The van der Waals surface area contributed by atoms with Gasteiger partial charge in [-0.3, -0.25) is 9.78 Å². The summed E-state index contributed by atoms with van der Waals surface area (Å²) in [7, 11) is 1.55. The third kappa shape index (κ3) is 5.55. The standard InChI is InChI=1S/C28H33N3O6/c1-15(2)30-27(32)17-12-13-19(35-4)23(14-17)37-21-10-6-5-9-20(21)36-22-11-7-8-18-25(22)26(29)24(28(33)34)16(3)31-18/h7-8,11-15,20-21H,5-6,9-10H2,1-4H3,(H2,29,31)(H,30,32)(H,33,34). The second-order valence-corrected chi connectivity index (χ2v) is 9.53. The van der Waals surface area contributed by atoms with Crippen molar-refractivity contribution in [2.75, 3.05) is 12.8 Å². The minimum absolute atomic E-state index is 0.00291. The van der Waals surface area contributed by atoms with Crippen LogP contribution in [-0.2, 0) is 0 Å². The third-order valence-corrected chi connectivity index (χ3v) is 6.45. The zero-order chi connectivity index (χ0) is 26.7. The fraction of sp³-hybridized carbons (Fsp3) is 0.393. The highest BCUT2D eigenvalue weighted by atomic mass is 16.6. The second-order valence-electron chi connectivity index (χ2n) is 9.53. The molecule has 4 rings (SSSR count). The van der Waals surface area contributed by atoms with E-state index in [1.807, 2.05) is 19.9 Å². The Bertz CT molecular complexity index is 1320. The monoisotopic (exact) mass is 507 g/mol. The Labute approximate surface area is 215 Å². The molecule has 1 aliphatic carbocycles. The van der Waals surface area contributed by atoms with Crippen LogP contribution in [0.3, 0.4) is 0 Å². The Hall–Kier alpha value is -4.01. The first-order valence-corrected chi connectivity index (χ1v) is 12.4. The Morgan fingerprint density at radius 2 is 1.73 bits per heavy atom. The number of pyridine rings is 1. The maximum Gasteiger partial charge on any atom is 0.339 e. The van der Waals surface area contributed by atoms with Crippen LogP contribution in [-0.4, -0.2) is 47.3 Å². The number of benzene rings is 2. The largest absolute Gasteiger partial charge is 0.493 e. The molecule has 4 N–H and O–H groups in total. The molecule has 0 spiro atoms. The number of rotatable bonds is 8. The van der Waals surface area contributed by atoms with Crippen LogP contribution in [0.4, 0.5) is 5.69 Å². The smallest absolute Gasteiger partial charge is 0.339 e. The summed E-state index contributed by atoms with van der Waals surface area (Å²) in [5.41, 5.74) is 7.81. The number of nitrogen functional groups attached to an aromatic ring is 1. The van der Waals surface area contributed by atoms with Crippen LogP contribution in [0.15, 0.2) is 36.4 Å². The molecule has 1 fully saturated rings. The Morgan fingerprint density at radius 3 is 2.35 bits per heavy atom. The molecule has 2 unspecified atom stereocenters. The molecule has 1 saturated carbocycles. The molecule has 3 aromatic rings. The number of carboxylic acid groups (broad SMARTS) is 1. The molecule has 1 aliphatic rings. The Balaban J connectivity index is 1.65. The van der Waals surface area contributed by atoms with Gasteiger partial charge in [0.15, 0.2) is 11.5 Å². The Morgan fingerprint density at radius 1 is 1.05 bits per heavy atom. The number of fused-ring (bicyclic) bond motifs is 1. The quantitative estimate of drug-likeness (QED) is 0.398. The zero-order valence-corrected chi connectivity index (χ0v) is 21.5. The number of aromatic carboxylic acids is 1. The van der Waals surface area contributed by atoms with E-state index in [4.69, 9.17) is 19.9 Å². The predicted octanol–water partition coefficient (Wildman–Crippen LogP) is 4.74. The average molecular weight is 508 g/mol. The van der Waals surface area contributed by atoms with Crippen molar-refractivity contribution in [3.8, 4) is 17.2 Å². The third-order valence-electron chi connectivity index (χ3n) is 6.45. The average Bonchev–Trinajstić information content (AvgIpc) is 2.84. The van der Waals surface area contributed by atoms with Crippen molar-refractivity contribution in [2.45, 2.75) is 64.7 Å². The van der Waals surface area contributed by atoms with Crippen molar-refractivity contribution in [3.63, 3.8) is 0 Å². The molecule has 1 aromatic heterocycles. The van der Waals surface area contributed by atoms with E-state index in [0.717, 1.165) is 25.7 Å². The summed E-state index contributed by atoms with van der Waals surface area (Å²) in [6, 6.07) is 10.5. The number of aromatic nitrogens is 1. The van der Waals surface area contributed by atoms with Gasteiger partial charge in [0.2, 0.25) is 0 Å². The number of nitrogens with two attached hydrogens (primary N) is 1. The van der Waals surface area contributed by atoms with Gasteiger partial charge in [-0.05, 0) is 76.8 Å². The van der Waals surface area contributed by atoms with Crippen LogP contribution in [0.5, 0.6) is 17.2 Å². The van der Waals surface area contributed by atoms with Gasteiger partial charge in [0.1, 0.15) is 23.5 Å². The minimum Gasteiger partial charge on any atom is -0.493 e. The summed E-state index contributed by atoms with van der Waals surface area (Å²) >= 11 is 0. The molecule has 196 valence electrons. The summed E-state index contributed by atoms with van der Waals surface area (Å²) in [5.74, 6) is 0.115. The molecule has 0 saturated heterocycles. The molecule has 2 aromatic carbocycles. The summed E-state index contributed by atoms with van der Waals surface area (Å²) < 4.78 is 18.4. The van der Waals surface area contributed by atoms with E-state index in [1.165, 1.54) is 0 Å². The molecule has 37 heavy (non-hydrogen) atoms. The van der Waals surface area contributed by atoms with E-state index in [1.54, 1.807) is 44.4 Å². The van der Waals surface area contributed by atoms with Crippen LogP contribution >= 0.6 is 0 Å². The molecular formula is C28H33N3O6. The van der Waals surface area contributed by atoms with Crippen molar-refractivity contribution in [2.24, 2.45) is 0 Å². The van der Waals surface area contributed by atoms with Crippen LogP contribution in [0, 0.1) is 6.92 Å². The summed E-state index contributed by atoms with van der Waals surface area (Å²) in [6.07, 6.45) is 2.75. The SMILES string of the molecule is COc1ccc(C(=O)NC(C)C)cc1OC1CCCCC1Oc1cccc2nc(C)c(C(=O)O)c(N)c12. The van der Waals surface area contributed by atoms with Gasteiger partial charge in [-0.25, -0.2) is 4.79 Å². The van der Waals surface area contributed by atoms with E-state index in [-0.39, 0.29) is 35.4 Å². The number of anilines is 1. The first-order chi connectivity index (χ1) is 17.7. The number of nitrogens with one attached hydrogen (secondary N) is 1. The number of methoxy groups -OCH3 is 1. The van der Waals surface area contributed by atoms with Crippen molar-refractivity contribution >= 4 is 28.5 Å². The van der Waals surface area contributed by atoms with E-state index in [2.05, 4.69) is 10.3 Å². The maximum atomic E-state index is 12.6. The number of carboxylic acids is 1.